The Hall–Kier alpha value is -2.37. The van der Waals surface area contributed by atoms with Crippen LogP contribution in [0.1, 0.15) is 11.1 Å². The second kappa shape index (κ2) is 9.36. The molecule has 0 spiro atoms. The molecule has 0 saturated heterocycles. The Morgan fingerprint density at radius 2 is 1.19 bits per heavy atom. The number of hydrogen-bond donors (Lipinski definition) is 0. The Kier molecular flexibility index (Phi) is 6.63. The molecule has 0 aliphatic heterocycles. The van der Waals surface area contributed by atoms with Gasteiger partial charge in [0.1, 0.15) is 0 Å². The number of benzene rings is 2. The summed E-state index contributed by atoms with van der Waals surface area (Å²) in [4.78, 5) is 15.6. The van der Waals surface area contributed by atoms with Gasteiger partial charge in [-0.05, 0) is 43.2 Å². The van der Waals surface area contributed by atoms with Gasteiger partial charge in [0.15, 0.2) is 0 Å². The first-order valence-electron chi connectivity index (χ1n) is 8.17. The second-order valence-electron chi connectivity index (χ2n) is 5.64. The van der Waals surface area contributed by atoms with Crippen LogP contribution >= 0.6 is 23.5 Å². The van der Waals surface area contributed by atoms with Crippen molar-refractivity contribution in [3.8, 4) is 0 Å². The fourth-order valence-electron chi connectivity index (χ4n) is 2.22. The molecule has 0 aliphatic carbocycles. The molecule has 0 atom stereocenters. The number of aromatic nitrogens is 1. The average molecular weight is 378 g/mol. The summed E-state index contributed by atoms with van der Waals surface area (Å²) in [5.74, 6) is 0. The van der Waals surface area contributed by atoms with E-state index in [4.69, 9.17) is 0 Å². The quantitative estimate of drug-likeness (QED) is 0.276. The number of thioether (sulfide) groups is 2. The molecule has 2 aromatic carbocycles. The highest BCUT2D eigenvalue weighted by Gasteiger charge is 1.97. The van der Waals surface area contributed by atoms with Gasteiger partial charge in [0.25, 0.3) is 0 Å². The summed E-state index contributed by atoms with van der Waals surface area (Å²) < 4.78 is 0. The number of aliphatic imine (C=N–C) groups is 2. The van der Waals surface area contributed by atoms with E-state index in [1.54, 1.807) is 35.9 Å². The summed E-state index contributed by atoms with van der Waals surface area (Å²) in [5.41, 5.74) is 7.76. The van der Waals surface area contributed by atoms with Crippen molar-refractivity contribution >= 4 is 46.0 Å². The van der Waals surface area contributed by atoms with Crippen LogP contribution in [-0.4, -0.2) is 16.1 Å². The van der Waals surface area contributed by atoms with Gasteiger partial charge in [-0.3, -0.25) is 4.98 Å². The van der Waals surface area contributed by atoms with Crippen molar-refractivity contribution in [2.24, 2.45) is 9.98 Å². The monoisotopic (exact) mass is 377 g/mol. The molecule has 5 heteroatoms. The molecule has 0 fully saturated rings. The van der Waals surface area contributed by atoms with Gasteiger partial charge in [0.05, 0.1) is 34.9 Å². The highest BCUT2D eigenvalue weighted by atomic mass is 32.2. The predicted molar refractivity (Wildman–Crippen MR) is 115 cm³/mol. The molecule has 0 amide bonds. The van der Waals surface area contributed by atoms with E-state index in [9.17, 15) is 0 Å². The van der Waals surface area contributed by atoms with Crippen molar-refractivity contribution < 1.29 is 0 Å². The largest absolute Gasteiger partial charge is 0.260 e. The van der Waals surface area contributed by atoms with Crippen molar-refractivity contribution in [3.63, 3.8) is 0 Å². The highest BCUT2D eigenvalue weighted by Crippen LogP contribution is 2.24. The smallest absolute Gasteiger partial charge is 0.0840 e. The van der Waals surface area contributed by atoms with Gasteiger partial charge < -0.3 is 0 Å². The Labute approximate surface area is 162 Å². The van der Waals surface area contributed by atoms with E-state index in [0.717, 1.165) is 11.4 Å². The minimum absolute atomic E-state index is 0.793. The number of hydrogen-bond acceptors (Lipinski definition) is 5. The van der Waals surface area contributed by atoms with Crippen LogP contribution in [0.15, 0.2) is 86.8 Å². The molecule has 0 unspecified atom stereocenters. The zero-order valence-corrected chi connectivity index (χ0v) is 16.3. The Balaban J connectivity index is 1.63. The molecule has 130 valence electrons. The first kappa shape index (κ1) is 18.4. The van der Waals surface area contributed by atoms with E-state index in [1.165, 1.54) is 20.9 Å². The predicted octanol–water partition coefficient (Wildman–Crippen LogP) is 6.60. The molecule has 0 saturated carbocycles. The fourth-order valence-corrected chi connectivity index (χ4v) is 3.62. The maximum Gasteiger partial charge on any atom is 0.0840 e. The Morgan fingerprint density at radius 1 is 0.731 bits per heavy atom. The topological polar surface area (TPSA) is 37.6 Å². The molecule has 3 aromatic rings. The van der Waals surface area contributed by atoms with Crippen molar-refractivity contribution in [1.82, 2.24) is 4.98 Å². The standard InChI is InChI=1S/C21H19N3S2/c1-16-7-3-5-9-20(16)25-14-23-18-11-19(13-22-12-18)24-15-26-21-10-6-4-8-17(21)2/h3-15H,1-2H3/b23-14+,24-15+. The molecular weight excluding hydrogens is 358 g/mol. The molecule has 0 radical (unpaired) electrons. The van der Waals surface area contributed by atoms with Crippen LogP contribution in [0.5, 0.6) is 0 Å². The first-order chi connectivity index (χ1) is 12.7. The third-order valence-electron chi connectivity index (χ3n) is 3.66. The normalized spacial score (nSPS) is 11.5. The average Bonchev–Trinajstić information content (AvgIpc) is 2.65. The van der Waals surface area contributed by atoms with E-state index in [-0.39, 0.29) is 0 Å². The third kappa shape index (κ3) is 5.31. The van der Waals surface area contributed by atoms with Crippen LogP contribution in [0, 0.1) is 13.8 Å². The van der Waals surface area contributed by atoms with Gasteiger partial charge in [-0.15, -0.1) is 0 Å². The minimum Gasteiger partial charge on any atom is -0.260 e. The zero-order valence-electron chi connectivity index (χ0n) is 14.7. The van der Waals surface area contributed by atoms with E-state index < -0.39 is 0 Å². The first-order valence-corrected chi connectivity index (χ1v) is 9.93. The lowest BCUT2D eigenvalue weighted by Crippen LogP contribution is -1.78. The third-order valence-corrected chi connectivity index (χ3v) is 5.51. The van der Waals surface area contributed by atoms with E-state index in [1.807, 2.05) is 41.4 Å². The molecule has 0 bridgehead atoms. The molecule has 3 rings (SSSR count). The number of aryl methyl sites for hydroxylation is 2. The van der Waals surface area contributed by atoms with E-state index >= 15 is 0 Å². The maximum atomic E-state index is 4.48. The summed E-state index contributed by atoms with van der Waals surface area (Å²) in [6.07, 6.45) is 3.48. The lowest BCUT2D eigenvalue weighted by atomic mass is 10.2. The summed E-state index contributed by atoms with van der Waals surface area (Å²) >= 11 is 3.20. The SMILES string of the molecule is Cc1ccccc1S/C=N/c1cncc(/N=C/Sc2ccccc2C)c1. The molecule has 0 aliphatic rings. The van der Waals surface area contributed by atoms with Gasteiger partial charge in [0, 0.05) is 9.79 Å². The van der Waals surface area contributed by atoms with Crippen LogP contribution in [0.3, 0.4) is 0 Å². The lowest BCUT2D eigenvalue weighted by molar-refractivity contribution is 1.29. The fraction of sp³-hybridized carbons (Fsp3) is 0.0952. The van der Waals surface area contributed by atoms with E-state index in [0.29, 0.717) is 0 Å². The molecule has 3 nitrogen and oxygen atoms in total. The van der Waals surface area contributed by atoms with Gasteiger partial charge in [0.2, 0.25) is 0 Å². The molecule has 0 N–H and O–H groups in total. The van der Waals surface area contributed by atoms with Crippen molar-refractivity contribution in [2.45, 2.75) is 23.6 Å². The van der Waals surface area contributed by atoms with Crippen molar-refractivity contribution in [1.29, 1.82) is 0 Å². The summed E-state index contributed by atoms with van der Waals surface area (Å²) in [6.45, 7) is 4.19. The Morgan fingerprint density at radius 3 is 1.65 bits per heavy atom. The Bertz CT molecular complexity index is 863. The van der Waals surface area contributed by atoms with Crippen LogP contribution in [0.25, 0.3) is 0 Å². The van der Waals surface area contributed by atoms with Gasteiger partial charge in [-0.25, -0.2) is 9.98 Å². The lowest BCUT2D eigenvalue weighted by Gasteiger charge is -2.01. The maximum absolute atomic E-state index is 4.48. The van der Waals surface area contributed by atoms with Crippen molar-refractivity contribution in [3.05, 3.63) is 78.1 Å². The van der Waals surface area contributed by atoms with Gasteiger partial charge in [-0.2, -0.15) is 0 Å². The van der Waals surface area contributed by atoms with Crippen LogP contribution < -0.4 is 0 Å². The van der Waals surface area contributed by atoms with E-state index in [2.05, 4.69) is 53.1 Å². The number of rotatable bonds is 6. The molecule has 1 heterocycles. The van der Waals surface area contributed by atoms with Crippen LogP contribution in [0.2, 0.25) is 0 Å². The molecule has 1 aromatic heterocycles. The molecule has 26 heavy (non-hydrogen) atoms. The number of pyridine rings is 1. The van der Waals surface area contributed by atoms with Gasteiger partial charge in [-0.1, -0.05) is 59.9 Å². The molecular formula is C21H19N3S2. The summed E-state index contributed by atoms with van der Waals surface area (Å²) in [7, 11) is 0. The highest BCUT2D eigenvalue weighted by molar-refractivity contribution is 8.12. The summed E-state index contributed by atoms with van der Waals surface area (Å²) in [6, 6.07) is 18.4. The van der Waals surface area contributed by atoms with Crippen molar-refractivity contribution in [2.75, 3.05) is 0 Å². The second-order valence-corrected chi connectivity index (χ2v) is 7.41. The summed E-state index contributed by atoms with van der Waals surface area (Å²) in [5, 5.41) is 0. The van der Waals surface area contributed by atoms with Gasteiger partial charge >= 0.3 is 0 Å². The minimum atomic E-state index is 0.793. The number of nitrogens with zero attached hydrogens (tertiary/aromatic N) is 3. The van der Waals surface area contributed by atoms with Crippen LogP contribution in [0.4, 0.5) is 11.4 Å². The van der Waals surface area contributed by atoms with Crippen LogP contribution in [-0.2, 0) is 0 Å². The zero-order chi connectivity index (χ0) is 18.2.